The van der Waals surface area contributed by atoms with Gasteiger partial charge in [-0.1, -0.05) is 60.7 Å². The second-order valence-electron chi connectivity index (χ2n) is 5.68. The highest BCUT2D eigenvalue weighted by Gasteiger charge is 2.18. The summed E-state index contributed by atoms with van der Waals surface area (Å²) in [5.74, 6) is -0.947. The van der Waals surface area contributed by atoms with Crippen LogP contribution in [0.15, 0.2) is 65.7 Å². The number of aliphatic imine (C=N–C) groups is 1. The molecule has 0 aliphatic rings. The van der Waals surface area contributed by atoms with Crippen LogP contribution in [0.3, 0.4) is 0 Å². The number of rotatable bonds is 5. The quantitative estimate of drug-likeness (QED) is 0.676. The third-order valence-corrected chi connectivity index (χ3v) is 5.11. The predicted molar refractivity (Wildman–Crippen MR) is 101 cm³/mol. The van der Waals surface area contributed by atoms with Crippen molar-refractivity contribution in [2.45, 2.75) is 19.9 Å². The summed E-state index contributed by atoms with van der Waals surface area (Å²) in [6.45, 7) is 3.59. The molecule has 4 nitrogen and oxygen atoms in total. The summed E-state index contributed by atoms with van der Waals surface area (Å²) in [5, 5.41) is 9.87. The third-order valence-electron chi connectivity index (χ3n) is 3.85. The Morgan fingerprint density at radius 2 is 1.56 bits per heavy atom. The molecule has 0 saturated carbocycles. The topological polar surface area (TPSA) is 62.5 Å². The first-order valence-corrected chi connectivity index (χ1v) is 8.73. The van der Waals surface area contributed by atoms with Crippen LogP contribution in [0.1, 0.15) is 44.5 Å². The highest BCUT2D eigenvalue weighted by atomic mass is 32.1. The lowest BCUT2D eigenvalue weighted by Gasteiger charge is -2.14. The maximum atomic E-state index is 11.3. The molecule has 0 fully saturated rings. The van der Waals surface area contributed by atoms with Crippen molar-refractivity contribution in [3.05, 3.63) is 87.4 Å². The minimum Gasteiger partial charge on any atom is -0.477 e. The zero-order valence-corrected chi connectivity index (χ0v) is 14.8. The van der Waals surface area contributed by atoms with Gasteiger partial charge < -0.3 is 5.11 Å². The molecule has 0 saturated heterocycles. The van der Waals surface area contributed by atoms with E-state index in [0.29, 0.717) is 10.7 Å². The molecule has 1 heterocycles. The number of hydrogen-bond donors (Lipinski definition) is 1. The summed E-state index contributed by atoms with van der Waals surface area (Å²) in [7, 11) is 0. The number of carboxylic acids is 1. The third kappa shape index (κ3) is 3.83. The van der Waals surface area contributed by atoms with Crippen molar-refractivity contribution in [2.24, 2.45) is 4.99 Å². The van der Waals surface area contributed by atoms with Crippen LogP contribution in [0.25, 0.3) is 0 Å². The molecule has 0 aliphatic heterocycles. The van der Waals surface area contributed by atoms with Crippen LogP contribution in [-0.4, -0.2) is 21.8 Å². The Morgan fingerprint density at radius 1 is 1.04 bits per heavy atom. The van der Waals surface area contributed by atoms with Gasteiger partial charge in [0.05, 0.1) is 11.4 Å². The van der Waals surface area contributed by atoms with Crippen molar-refractivity contribution in [1.29, 1.82) is 0 Å². The molecule has 0 aliphatic carbocycles. The fourth-order valence-corrected chi connectivity index (χ4v) is 3.47. The molecule has 3 rings (SSSR count). The van der Waals surface area contributed by atoms with E-state index < -0.39 is 5.97 Å². The average Bonchev–Trinajstić information content (AvgIpc) is 3.03. The van der Waals surface area contributed by atoms with E-state index in [1.807, 2.05) is 67.6 Å². The number of carboxylic acid groups (broad SMARTS) is 1. The molecule has 0 atom stereocenters. The summed E-state index contributed by atoms with van der Waals surface area (Å²) in [6.07, 6.45) is 0. The molecule has 25 heavy (non-hydrogen) atoms. The highest BCUT2D eigenvalue weighted by Crippen LogP contribution is 2.28. The molecule has 0 bridgehead atoms. The average molecular weight is 350 g/mol. The van der Waals surface area contributed by atoms with Crippen LogP contribution in [0.4, 0.5) is 0 Å². The molecule has 1 aromatic heterocycles. The van der Waals surface area contributed by atoms with E-state index in [1.54, 1.807) is 6.92 Å². The van der Waals surface area contributed by atoms with Gasteiger partial charge in [0.2, 0.25) is 0 Å². The van der Waals surface area contributed by atoms with Crippen LogP contribution in [0.5, 0.6) is 0 Å². The first kappa shape index (κ1) is 17.0. The Kier molecular flexibility index (Phi) is 5.05. The number of thiazole rings is 1. The van der Waals surface area contributed by atoms with Gasteiger partial charge in [-0.3, -0.25) is 4.99 Å². The van der Waals surface area contributed by atoms with E-state index in [2.05, 4.69) is 4.98 Å². The van der Waals surface area contributed by atoms with Gasteiger partial charge in [-0.25, -0.2) is 9.78 Å². The number of aromatic carboxylic acids is 1. The second kappa shape index (κ2) is 7.40. The van der Waals surface area contributed by atoms with Crippen molar-refractivity contribution in [2.75, 3.05) is 0 Å². The molecule has 5 heteroatoms. The van der Waals surface area contributed by atoms with Gasteiger partial charge in [0, 0.05) is 0 Å². The number of carbonyl (C=O) groups is 1. The van der Waals surface area contributed by atoms with Crippen molar-refractivity contribution in [3.8, 4) is 0 Å². The Balaban J connectivity index is 2.04. The van der Waals surface area contributed by atoms with E-state index in [0.717, 1.165) is 16.8 Å². The van der Waals surface area contributed by atoms with E-state index >= 15 is 0 Å². The first-order valence-electron chi connectivity index (χ1n) is 7.91. The molecule has 1 N–H and O–H groups in total. The number of aryl methyl sites for hydroxylation is 1. The summed E-state index contributed by atoms with van der Waals surface area (Å²) in [6, 6.07) is 20.0. The molecule has 0 radical (unpaired) electrons. The van der Waals surface area contributed by atoms with Crippen LogP contribution >= 0.6 is 11.3 Å². The normalized spacial score (nSPS) is 11.7. The Bertz CT molecular complexity index is 862. The molecule has 0 unspecified atom stereocenters. The van der Waals surface area contributed by atoms with E-state index in [-0.39, 0.29) is 10.9 Å². The van der Waals surface area contributed by atoms with Gasteiger partial charge in [-0.05, 0) is 25.0 Å². The molecule has 126 valence electrons. The zero-order chi connectivity index (χ0) is 17.8. The summed E-state index contributed by atoms with van der Waals surface area (Å²) in [4.78, 5) is 20.8. The lowest BCUT2D eigenvalue weighted by Crippen LogP contribution is -2.03. The molecular formula is C20H18N2O2S. The Hall–Kier alpha value is -2.79. The number of aromatic nitrogens is 1. The summed E-state index contributed by atoms with van der Waals surface area (Å²) in [5.41, 5.74) is 3.43. The van der Waals surface area contributed by atoms with Crippen LogP contribution < -0.4 is 0 Å². The monoisotopic (exact) mass is 350 g/mol. The zero-order valence-electron chi connectivity index (χ0n) is 14.0. The van der Waals surface area contributed by atoms with E-state index in [1.165, 1.54) is 11.3 Å². The largest absolute Gasteiger partial charge is 0.477 e. The lowest BCUT2D eigenvalue weighted by atomic mass is 9.99. The predicted octanol–water partition coefficient (Wildman–Crippen LogP) is 4.75. The standard InChI is InChI=1S/C20H18N2O2S/c1-13-18(20(23)24)25-19(22-13)14(2)21-17(15-9-5-3-6-10-15)16-11-7-4-8-12-16/h3-12,17H,1-2H3,(H,23,24). The lowest BCUT2D eigenvalue weighted by molar-refractivity contribution is 0.0701. The Labute approximate surface area is 150 Å². The van der Waals surface area contributed by atoms with E-state index in [9.17, 15) is 9.90 Å². The van der Waals surface area contributed by atoms with Gasteiger partial charge in [0.25, 0.3) is 0 Å². The van der Waals surface area contributed by atoms with Crippen molar-refractivity contribution >= 4 is 23.0 Å². The SMILES string of the molecule is CC(=NC(c1ccccc1)c1ccccc1)c1nc(C)c(C(=O)O)s1. The van der Waals surface area contributed by atoms with Gasteiger partial charge >= 0.3 is 5.97 Å². The Morgan fingerprint density at radius 3 is 2.00 bits per heavy atom. The van der Waals surface area contributed by atoms with Crippen molar-refractivity contribution < 1.29 is 9.90 Å². The van der Waals surface area contributed by atoms with Gasteiger partial charge in [-0.15, -0.1) is 11.3 Å². The minimum absolute atomic E-state index is 0.153. The molecular weight excluding hydrogens is 332 g/mol. The number of hydrogen-bond acceptors (Lipinski definition) is 4. The number of nitrogens with zero attached hydrogens (tertiary/aromatic N) is 2. The fourth-order valence-electron chi connectivity index (χ4n) is 2.61. The minimum atomic E-state index is -0.947. The van der Waals surface area contributed by atoms with Crippen molar-refractivity contribution in [3.63, 3.8) is 0 Å². The smallest absolute Gasteiger partial charge is 0.347 e. The molecule has 3 aromatic rings. The molecule has 0 amide bonds. The number of benzene rings is 2. The maximum Gasteiger partial charge on any atom is 0.347 e. The van der Waals surface area contributed by atoms with Gasteiger partial charge in [0.1, 0.15) is 15.9 Å². The maximum absolute atomic E-state index is 11.3. The fraction of sp³-hybridized carbons (Fsp3) is 0.150. The van der Waals surface area contributed by atoms with Crippen LogP contribution in [0, 0.1) is 6.92 Å². The van der Waals surface area contributed by atoms with Gasteiger partial charge in [-0.2, -0.15) is 0 Å². The molecule has 2 aromatic carbocycles. The van der Waals surface area contributed by atoms with Crippen LogP contribution in [-0.2, 0) is 0 Å². The van der Waals surface area contributed by atoms with Gasteiger partial charge in [0.15, 0.2) is 0 Å². The second-order valence-corrected chi connectivity index (χ2v) is 6.68. The van der Waals surface area contributed by atoms with Crippen LogP contribution in [0.2, 0.25) is 0 Å². The first-order chi connectivity index (χ1) is 12.1. The van der Waals surface area contributed by atoms with E-state index in [4.69, 9.17) is 4.99 Å². The summed E-state index contributed by atoms with van der Waals surface area (Å²) >= 11 is 1.17. The highest BCUT2D eigenvalue weighted by molar-refractivity contribution is 7.15. The summed E-state index contributed by atoms with van der Waals surface area (Å²) < 4.78 is 0. The van der Waals surface area contributed by atoms with Crippen molar-refractivity contribution in [1.82, 2.24) is 4.98 Å². The molecule has 0 spiro atoms.